The summed E-state index contributed by atoms with van der Waals surface area (Å²) in [6.45, 7) is 0. The fourth-order valence-electron chi connectivity index (χ4n) is 3.39. The number of nitriles is 2. The number of pyridine rings is 1. The van der Waals surface area contributed by atoms with Gasteiger partial charge in [-0.2, -0.15) is 10.5 Å². The smallest absolute Gasteiger partial charge is 0.256 e. The van der Waals surface area contributed by atoms with E-state index in [1.807, 2.05) is 6.07 Å². The normalized spacial score (nSPS) is 15.4. The zero-order chi connectivity index (χ0) is 20.9. The number of allylic oxidation sites excluding steroid dienone is 1. The Morgan fingerprint density at radius 3 is 2.72 bits per heavy atom. The number of ether oxygens (including phenoxy) is 1. The van der Waals surface area contributed by atoms with Gasteiger partial charge in [0.2, 0.25) is 5.88 Å². The number of rotatable bonds is 2. The monoisotopic (exact) mass is 443 g/mol. The predicted octanol–water partition coefficient (Wildman–Crippen LogP) is 4.03. The van der Waals surface area contributed by atoms with Crippen molar-refractivity contribution < 1.29 is 4.74 Å². The van der Waals surface area contributed by atoms with Crippen molar-refractivity contribution in [3.8, 4) is 17.9 Å². The summed E-state index contributed by atoms with van der Waals surface area (Å²) >= 11 is 13.8. The second kappa shape index (κ2) is 7.02. The highest BCUT2D eigenvalue weighted by atomic mass is 35.5. The molecule has 7 nitrogen and oxygen atoms in total. The Bertz CT molecular complexity index is 1360. The number of anilines is 1. The molecule has 4 N–H and O–H groups in total. The van der Waals surface area contributed by atoms with Crippen molar-refractivity contribution in [2.45, 2.75) is 5.92 Å². The van der Waals surface area contributed by atoms with Crippen LogP contribution in [-0.4, -0.2) is 12.0 Å². The molecule has 1 unspecified atom stereocenters. The molecule has 0 aliphatic carbocycles. The molecule has 0 radical (unpaired) electrons. The van der Waals surface area contributed by atoms with Gasteiger partial charge in [-0.1, -0.05) is 35.3 Å². The van der Waals surface area contributed by atoms with Crippen molar-refractivity contribution in [3.63, 3.8) is 0 Å². The lowest BCUT2D eigenvalue weighted by Crippen LogP contribution is -2.27. The summed E-state index contributed by atoms with van der Waals surface area (Å²) < 4.78 is 6.25. The Hall–Kier alpha value is -3.17. The largest absolute Gasteiger partial charge is 0.438 e. The Kier molecular flexibility index (Phi) is 4.64. The molecule has 0 bridgehead atoms. The van der Waals surface area contributed by atoms with Crippen LogP contribution in [0.5, 0.6) is 5.75 Å². The quantitative estimate of drug-likeness (QED) is 0.548. The van der Waals surface area contributed by atoms with Crippen LogP contribution < -0.4 is 21.3 Å². The number of hydrogen-bond acceptors (Lipinski definition) is 7. The molecule has 1 aromatic carbocycles. The first-order chi connectivity index (χ1) is 13.9. The minimum Gasteiger partial charge on any atom is -0.438 e. The maximum atomic E-state index is 13.1. The van der Waals surface area contributed by atoms with Gasteiger partial charge < -0.3 is 20.8 Å². The number of benzene rings is 1. The lowest BCUT2D eigenvalue weighted by atomic mass is 9.84. The van der Waals surface area contributed by atoms with Crippen LogP contribution in [0.1, 0.15) is 22.6 Å². The number of aromatic nitrogens is 1. The van der Waals surface area contributed by atoms with E-state index in [1.54, 1.807) is 25.2 Å². The summed E-state index contributed by atoms with van der Waals surface area (Å²) in [6, 6.07) is 9.06. The Balaban J connectivity index is 2.13. The van der Waals surface area contributed by atoms with Gasteiger partial charge in [-0.3, -0.25) is 4.79 Å². The first-order valence-electron chi connectivity index (χ1n) is 8.24. The summed E-state index contributed by atoms with van der Waals surface area (Å²) in [5.74, 6) is -0.802. The molecule has 1 atom stereocenters. The molecule has 0 amide bonds. The number of aromatic amines is 1. The van der Waals surface area contributed by atoms with Gasteiger partial charge in [0.1, 0.15) is 28.3 Å². The zero-order valence-corrected chi connectivity index (χ0v) is 17.1. The van der Waals surface area contributed by atoms with E-state index in [9.17, 15) is 15.3 Å². The first kappa shape index (κ1) is 19.2. The molecule has 0 spiro atoms. The van der Waals surface area contributed by atoms with Crippen molar-refractivity contribution in [1.29, 1.82) is 10.5 Å². The third kappa shape index (κ3) is 2.73. The van der Waals surface area contributed by atoms with E-state index in [4.69, 9.17) is 33.7 Å². The molecular formula is C19H11Cl2N5O2S. The molecule has 0 saturated carbocycles. The SMILES string of the molecule is CNc1sc2c3c(c(=O)[nH]c2c1C#N)C(c1cccc(Cl)c1Cl)C(C#N)=C(N)O3. The number of halogens is 2. The summed E-state index contributed by atoms with van der Waals surface area (Å²) in [5.41, 5.74) is 6.86. The fraction of sp³-hybridized carbons (Fsp3) is 0.105. The van der Waals surface area contributed by atoms with Crippen LogP contribution in [0, 0.1) is 22.7 Å². The standard InChI is InChI=1S/C19H11Cl2N5O2S/c1-25-19-9(6-23)14-16(29-19)15-12(18(27)26-14)11(8(5-22)17(24)28-15)7-3-2-4-10(20)13(7)21/h2-4,11,25H,24H2,1H3,(H,26,27). The minimum absolute atomic E-state index is 0.0532. The number of H-pyrrole nitrogens is 1. The Labute approximate surface area is 178 Å². The van der Waals surface area contributed by atoms with Crippen LogP contribution in [0.2, 0.25) is 10.0 Å². The van der Waals surface area contributed by atoms with Crippen molar-refractivity contribution in [2.24, 2.45) is 5.73 Å². The van der Waals surface area contributed by atoms with Gasteiger partial charge in [0, 0.05) is 7.05 Å². The average Bonchev–Trinajstić information content (AvgIpc) is 3.07. The maximum absolute atomic E-state index is 13.1. The van der Waals surface area contributed by atoms with Crippen LogP contribution in [0.3, 0.4) is 0 Å². The molecular weight excluding hydrogens is 433 g/mol. The molecule has 1 aliphatic heterocycles. The number of thiophene rings is 1. The number of nitrogens with one attached hydrogen (secondary N) is 2. The van der Waals surface area contributed by atoms with E-state index >= 15 is 0 Å². The third-order valence-corrected chi connectivity index (χ3v) is 6.69. The molecule has 3 heterocycles. The summed E-state index contributed by atoms with van der Waals surface area (Å²) in [6.07, 6.45) is 0. The van der Waals surface area contributed by atoms with Crippen LogP contribution in [0.25, 0.3) is 10.2 Å². The summed E-state index contributed by atoms with van der Waals surface area (Å²) in [7, 11) is 1.67. The summed E-state index contributed by atoms with van der Waals surface area (Å²) in [4.78, 5) is 15.8. The van der Waals surface area contributed by atoms with Gasteiger partial charge in [-0.15, -0.1) is 11.3 Å². The molecule has 29 heavy (non-hydrogen) atoms. The third-order valence-electron chi connectivity index (χ3n) is 4.65. The Morgan fingerprint density at radius 1 is 1.31 bits per heavy atom. The minimum atomic E-state index is -0.867. The van der Waals surface area contributed by atoms with Gasteiger partial charge >= 0.3 is 0 Å². The Morgan fingerprint density at radius 2 is 2.07 bits per heavy atom. The molecule has 144 valence electrons. The highest BCUT2D eigenvalue weighted by Crippen LogP contribution is 2.48. The van der Waals surface area contributed by atoms with Crippen molar-refractivity contribution in [1.82, 2.24) is 4.98 Å². The predicted molar refractivity (Wildman–Crippen MR) is 112 cm³/mol. The first-order valence-corrected chi connectivity index (χ1v) is 9.82. The lowest BCUT2D eigenvalue weighted by Gasteiger charge is -2.26. The number of hydrogen-bond donors (Lipinski definition) is 3. The molecule has 10 heteroatoms. The van der Waals surface area contributed by atoms with Gasteiger partial charge in [0.15, 0.2) is 5.75 Å². The van der Waals surface area contributed by atoms with Gasteiger partial charge in [0.05, 0.1) is 31.7 Å². The topological polar surface area (TPSA) is 128 Å². The zero-order valence-electron chi connectivity index (χ0n) is 14.8. The van der Waals surface area contributed by atoms with E-state index in [0.29, 0.717) is 26.3 Å². The second-order valence-corrected chi connectivity index (χ2v) is 7.94. The highest BCUT2D eigenvalue weighted by Gasteiger charge is 2.37. The molecule has 4 rings (SSSR count). The van der Waals surface area contributed by atoms with Gasteiger partial charge in [0.25, 0.3) is 5.56 Å². The molecule has 0 fully saturated rings. The van der Waals surface area contributed by atoms with E-state index < -0.39 is 11.5 Å². The molecule has 3 aromatic rings. The number of nitrogens with zero attached hydrogens (tertiary/aromatic N) is 2. The van der Waals surface area contributed by atoms with Crippen LogP contribution >= 0.6 is 34.5 Å². The number of fused-ring (bicyclic) bond motifs is 3. The maximum Gasteiger partial charge on any atom is 0.256 e. The van der Waals surface area contributed by atoms with Gasteiger partial charge in [-0.05, 0) is 11.6 Å². The van der Waals surface area contributed by atoms with E-state index in [2.05, 4.69) is 16.4 Å². The van der Waals surface area contributed by atoms with Crippen molar-refractivity contribution in [2.75, 3.05) is 12.4 Å². The fourth-order valence-corrected chi connectivity index (χ4v) is 4.86. The average molecular weight is 444 g/mol. The van der Waals surface area contributed by atoms with Crippen molar-refractivity contribution in [3.05, 3.63) is 66.7 Å². The molecule has 2 aromatic heterocycles. The van der Waals surface area contributed by atoms with Crippen LogP contribution in [-0.2, 0) is 0 Å². The van der Waals surface area contributed by atoms with E-state index in [1.165, 1.54) is 11.3 Å². The highest BCUT2D eigenvalue weighted by molar-refractivity contribution is 7.23. The molecule has 1 aliphatic rings. The lowest BCUT2D eigenvalue weighted by molar-refractivity contribution is 0.397. The van der Waals surface area contributed by atoms with Crippen molar-refractivity contribution >= 4 is 49.8 Å². The van der Waals surface area contributed by atoms with Crippen LogP contribution in [0.15, 0.2) is 34.4 Å². The van der Waals surface area contributed by atoms with E-state index in [0.717, 1.165) is 0 Å². The number of nitrogens with two attached hydrogens (primary N) is 1. The van der Waals surface area contributed by atoms with Crippen LogP contribution in [0.4, 0.5) is 5.00 Å². The molecule has 0 saturated heterocycles. The second-order valence-electron chi connectivity index (χ2n) is 6.14. The van der Waals surface area contributed by atoms with E-state index in [-0.39, 0.29) is 32.8 Å². The van der Waals surface area contributed by atoms with Gasteiger partial charge in [-0.25, -0.2) is 0 Å². The summed E-state index contributed by atoms with van der Waals surface area (Å²) in [5, 5.41) is 23.2.